The smallest absolute Gasteiger partial charge is 0.263 e. The van der Waals surface area contributed by atoms with E-state index >= 15 is 0 Å². The number of rotatable bonds is 7. The molecule has 1 N–H and O–H groups in total. The third-order valence-electron chi connectivity index (χ3n) is 4.56. The van der Waals surface area contributed by atoms with Gasteiger partial charge in [0.15, 0.2) is 6.10 Å². The van der Waals surface area contributed by atoms with Gasteiger partial charge in [0.1, 0.15) is 4.90 Å². The number of anilines is 1. The van der Waals surface area contributed by atoms with Crippen LogP contribution in [-0.4, -0.2) is 13.4 Å². The minimum Gasteiger partial charge on any atom is -0.465 e. The Morgan fingerprint density at radius 1 is 0.774 bits per heavy atom. The predicted octanol–water partition coefficient (Wildman–Crippen LogP) is 5.70. The second-order valence-corrected chi connectivity index (χ2v) is 8.80. The zero-order valence-electron chi connectivity index (χ0n) is 16.4. The Bertz CT molecular complexity index is 1210. The van der Waals surface area contributed by atoms with Gasteiger partial charge in [0.05, 0.1) is 16.9 Å². The van der Waals surface area contributed by atoms with Crippen molar-refractivity contribution >= 4 is 27.3 Å². The van der Waals surface area contributed by atoms with Crippen molar-refractivity contribution in [3.8, 4) is 5.88 Å². The number of halogens is 1. The number of pyridine rings is 1. The van der Waals surface area contributed by atoms with Crippen molar-refractivity contribution in [1.29, 1.82) is 0 Å². The summed E-state index contributed by atoms with van der Waals surface area (Å²) in [5.74, 6) is 0.374. The number of hydrogen-bond acceptors (Lipinski definition) is 4. The molecule has 1 aromatic heterocycles. The third-order valence-corrected chi connectivity index (χ3v) is 6.44. The van der Waals surface area contributed by atoms with Crippen molar-refractivity contribution in [2.24, 2.45) is 0 Å². The fraction of sp³-hybridized carbons (Fsp3) is 0.0417. The van der Waals surface area contributed by atoms with Gasteiger partial charge >= 0.3 is 0 Å². The van der Waals surface area contributed by atoms with Gasteiger partial charge in [-0.3, -0.25) is 4.72 Å². The largest absolute Gasteiger partial charge is 0.465 e. The molecule has 0 amide bonds. The lowest BCUT2D eigenvalue weighted by atomic mass is 10.0. The van der Waals surface area contributed by atoms with Gasteiger partial charge in [-0.05, 0) is 29.3 Å². The molecular formula is C24H19ClN2O3S. The Hall–Kier alpha value is -3.35. The van der Waals surface area contributed by atoms with Crippen LogP contribution in [0.3, 0.4) is 0 Å². The van der Waals surface area contributed by atoms with Gasteiger partial charge in [-0.25, -0.2) is 13.4 Å². The molecule has 156 valence electrons. The van der Waals surface area contributed by atoms with Crippen LogP contribution < -0.4 is 9.46 Å². The van der Waals surface area contributed by atoms with E-state index in [9.17, 15) is 8.42 Å². The summed E-state index contributed by atoms with van der Waals surface area (Å²) in [5, 5.41) is 0.150. The van der Waals surface area contributed by atoms with E-state index in [0.29, 0.717) is 11.6 Å². The molecule has 0 saturated carbocycles. The molecular weight excluding hydrogens is 432 g/mol. The standard InChI is InChI=1S/C24H19ClN2O3S/c25-21-13-7-8-14-22(21)31(28,29)27-20-15-16-23(26-17-20)30-24(18-9-3-1-4-10-18)19-11-5-2-6-12-19/h1-17,24,27H. The topological polar surface area (TPSA) is 68.3 Å². The number of benzene rings is 3. The molecule has 1 heterocycles. The van der Waals surface area contributed by atoms with Crippen molar-refractivity contribution in [2.75, 3.05) is 4.72 Å². The monoisotopic (exact) mass is 450 g/mol. The maximum atomic E-state index is 12.6. The number of nitrogens with one attached hydrogen (secondary N) is 1. The van der Waals surface area contributed by atoms with Crippen LogP contribution in [0.5, 0.6) is 5.88 Å². The van der Waals surface area contributed by atoms with Crippen LogP contribution in [-0.2, 0) is 10.0 Å². The van der Waals surface area contributed by atoms with E-state index in [2.05, 4.69) is 9.71 Å². The van der Waals surface area contributed by atoms with E-state index in [0.717, 1.165) is 11.1 Å². The zero-order chi connectivity index (χ0) is 21.7. The summed E-state index contributed by atoms with van der Waals surface area (Å²) < 4.78 is 33.9. The Balaban J connectivity index is 1.55. The van der Waals surface area contributed by atoms with Crippen molar-refractivity contribution in [3.63, 3.8) is 0 Å². The lowest BCUT2D eigenvalue weighted by Gasteiger charge is -2.19. The number of hydrogen-bond donors (Lipinski definition) is 1. The summed E-state index contributed by atoms with van der Waals surface area (Å²) in [5.41, 5.74) is 2.28. The molecule has 0 atom stereocenters. The fourth-order valence-corrected chi connectivity index (χ4v) is 4.65. The zero-order valence-corrected chi connectivity index (χ0v) is 17.9. The Morgan fingerprint density at radius 2 is 1.35 bits per heavy atom. The Labute approximate surface area is 186 Å². The summed E-state index contributed by atoms with van der Waals surface area (Å²) in [6.07, 6.45) is 1.07. The van der Waals surface area contributed by atoms with E-state index in [1.54, 1.807) is 24.3 Å². The van der Waals surface area contributed by atoms with Gasteiger partial charge in [0.2, 0.25) is 5.88 Å². The maximum Gasteiger partial charge on any atom is 0.263 e. The predicted molar refractivity (Wildman–Crippen MR) is 122 cm³/mol. The highest BCUT2D eigenvalue weighted by Gasteiger charge is 2.19. The second kappa shape index (κ2) is 9.20. The van der Waals surface area contributed by atoms with Gasteiger partial charge in [-0.1, -0.05) is 84.4 Å². The molecule has 0 unspecified atom stereocenters. The molecule has 0 bridgehead atoms. The summed E-state index contributed by atoms with van der Waals surface area (Å²) in [7, 11) is -3.83. The Kier molecular flexibility index (Phi) is 6.21. The number of ether oxygens (including phenoxy) is 1. The average molecular weight is 451 g/mol. The van der Waals surface area contributed by atoms with Crippen molar-refractivity contribution in [2.45, 2.75) is 11.0 Å². The van der Waals surface area contributed by atoms with Gasteiger partial charge in [-0.2, -0.15) is 0 Å². The van der Waals surface area contributed by atoms with Crippen LogP contribution in [0.1, 0.15) is 17.2 Å². The molecule has 31 heavy (non-hydrogen) atoms. The van der Waals surface area contributed by atoms with Crippen LogP contribution in [0.15, 0.2) is 108 Å². The molecule has 0 radical (unpaired) electrons. The summed E-state index contributed by atoms with van der Waals surface area (Å²) in [6.45, 7) is 0. The molecule has 7 heteroatoms. The van der Waals surface area contributed by atoms with Crippen molar-refractivity contribution in [1.82, 2.24) is 4.98 Å². The summed E-state index contributed by atoms with van der Waals surface area (Å²) in [6, 6.07) is 29.2. The molecule has 0 aliphatic rings. The van der Waals surface area contributed by atoms with Crippen LogP contribution in [0, 0.1) is 0 Å². The molecule has 0 aliphatic carbocycles. The minimum atomic E-state index is -3.83. The minimum absolute atomic E-state index is 0.00483. The lowest BCUT2D eigenvalue weighted by Crippen LogP contribution is -2.14. The first kappa shape index (κ1) is 20.9. The normalized spacial score (nSPS) is 11.3. The molecule has 0 spiro atoms. The first-order valence-corrected chi connectivity index (χ1v) is 11.4. The number of nitrogens with zero attached hydrogens (tertiary/aromatic N) is 1. The highest BCUT2D eigenvalue weighted by Crippen LogP contribution is 2.28. The lowest BCUT2D eigenvalue weighted by molar-refractivity contribution is 0.237. The number of sulfonamides is 1. The second-order valence-electron chi connectivity index (χ2n) is 6.74. The molecule has 0 saturated heterocycles. The van der Waals surface area contributed by atoms with Crippen LogP contribution in [0.2, 0.25) is 5.02 Å². The molecule has 3 aromatic carbocycles. The van der Waals surface area contributed by atoms with Gasteiger partial charge < -0.3 is 4.74 Å². The molecule has 4 rings (SSSR count). The van der Waals surface area contributed by atoms with Crippen molar-refractivity contribution in [3.05, 3.63) is 119 Å². The van der Waals surface area contributed by atoms with Crippen LogP contribution in [0.25, 0.3) is 0 Å². The SMILES string of the molecule is O=S(=O)(Nc1ccc(OC(c2ccccc2)c2ccccc2)nc1)c1ccccc1Cl. The van der Waals surface area contributed by atoms with Gasteiger partial charge in [-0.15, -0.1) is 0 Å². The first-order chi connectivity index (χ1) is 15.0. The summed E-state index contributed by atoms with van der Waals surface area (Å²) in [4.78, 5) is 4.29. The van der Waals surface area contributed by atoms with Crippen molar-refractivity contribution < 1.29 is 13.2 Å². The van der Waals surface area contributed by atoms with Crippen LogP contribution >= 0.6 is 11.6 Å². The fourth-order valence-electron chi connectivity index (χ4n) is 3.09. The van der Waals surface area contributed by atoms with Gasteiger partial charge in [0.25, 0.3) is 10.0 Å². The molecule has 0 aliphatic heterocycles. The molecule has 4 aromatic rings. The highest BCUT2D eigenvalue weighted by molar-refractivity contribution is 7.92. The van der Waals surface area contributed by atoms with E-state index in [-0.39, 0.29) is 16.0 Å². The molecule has 5 nitrogen and oxygen atoms in total. The van der Waals surface area contributed by atoms with E-state index < -0.39 is 10.0 Å². The average Bonchev–Trinajstić information content (AvgIpc) is 2.80. The molecule has 0 fully saturated rings. The van der Waals surface area contributed by atoms with Crippen LogP contribution in [0.4, 0.5) is 5.69 Å². The van der Waals surface area contributed by atoms with E-state index in [1.807, 2.05) is 60.7 Å². The third kappa shape index (κ3) is 5.05. The highest BCUT2D eigenvalue weighted by atomic mass is 35.5. The van der Waals surface area contributed by atoms with Gasteiger partial charge in [0, 0.05) is 6.07 Å². The number of aromatic nitrogens is 1. The summed E-state index contributed by atoms with van der Waals surface area (Å²) >= 11 is 6.02. The maximum absolute atomic E-state index is 12.6. The first-order valence-electron chi connectivity index (χ1n) is 9.53. The van der Waals surface area contributed by atoms with E-state index in [1.165, 1.54) is 18.3 Å². The van der Waals surface area contributed by atoms with E-state index in [4.69, 9.17) is 16.3 Å². The Morgan fingerprint density at radius 3 is 1.90 bits per heavy atom. The quantitative estimate of drug-likeness (QED) is 0.392.